The van der Waals surface area contributed by atoms with Gasteiger partial charge in [-0.3, -0.25) is 0 Å². The zero-order valence-corrected chi connectivity index (χ0v) is 8.19. The van der Waals surface area contributed by atoms with E-state index < -0.39 is 0 Å². The molecule has 0 aliphatic heterocycles. The molecule has 0 N–H and O–H groups in total. The Kier molecular flexibility index (Phi) is 2.91. The first-order valence-electron chi connectivity index (χ1n) is 4.61. The van der Waals surface area contributed by atoms with Crippen LogP contribution in [0.4, 0.5) is 0 Å². The van der Waals surface area contributed by atoms with Gasteiger partial charge in [0.15, 0.2) is 0 Å². The van der Waals surface area contributed by atoms with Crippen LogP contribution < -0.4 is 0 Å². The van der Waals surface area contributed by atoms with Crippen molar-refractivity contribution in [3.8, 4) is 0 Å². The molecule has 0 bridgehead atoms. The van der Waals surface area contributed by atoms with Crippen LogP contribution in [-0.2, 0) is 0 Å². The van der Waals surface area contributed by atoms with Crippen LogP contribution in [0.15, 0.2) is 36.0 Å². The Hall–Kier alpha value is -0.780. The first-order chi connectivity index (χ1) is 5.65. The third kappa shape index (κ3) is 1.88. The summed E-state index contributed by atoms with van der Waals surface area (Å²) in [6.45, 7) is 12.2. The van der Waals surface area contributed by atoms with Crippen molar-refractivity contribution in [2.75, 3.05) is 0 Å². The second-order valence-electron chi connectivity index (χ2n) is 3.80. The fourth-order valence-electron chi connectivity index (χ4n) is 1.77. The van der Waals surface area contributed by atoms with E-state index in [0.29, 0.717) is 5.92 Å². The van der Waals surface area contributed by atoms with E-state index in [2.05, 4.69) is 27.0 Å². The Morgan fingerprint density at radius 1 is 1.58 bits per heavy atom. The van der Waals surface area contributed by atoms with Crippen molar-refractivity contribution in [3.63, 3.8) is 0 Å². The highest BCUT2D eigenvalue weighted by Crippen LogP contribution is 2.33. The summed E-state index contributed by atoms with van der Waals surface area (Å²) in [6.07, 6.45) is 5.66. The molecular weight excluding hydrogens is 144 g/mol. The van der Waals surface area contributed by atoms with Gasteiger partial charge in [-0.2, -0.15) is 0 Å². The molecule has 0 nitrogen and oxygen atoms in total. The summed E-state index contributed by atoms with van der Waals surface area (Å²) >= 11 is 0. The molecule has 0 aromatic heterocycles. The molecule has 1 aliphatic carbocycles. The van der Waals surface area contributed by atoms with E-state index in [1.54, 1.807) is 0 Å². The lowest BCUT2D eigenvalue weighted by Crippen LogP contribution is -2.09. The average Bonchev–Trinajstić information content (AvgIpc) is 2.05. The Balaban J connectivity index is 2.74. The number of hydrogen-bond acceptors (Lipinski definition) is 0. The summed E-state index contributed by atoms with van der Waals surface area (Å²) in [5.74, 6) is 0.696. The van der Waals surface area contributed by atoms with Gasteiger partial charge in [0.1, 0.15) is 0 Å². The van der Waals surface area contributed by atoms with E-state index in [9.17, 15) is 0 Å². The minimum Gasteiger partial charge on any atom is -0.0998 e. The van der Waals surface area contributed by atoms with Gasteiger partial charge in [-0.15, -0.1) is 0 Å². The predicted octanol–water partition coefficient (Wildman–Crippen LogP) is 3.87. The van der Waals surface area contributed by atoms with Crippen molar-refractivity contribution in [2.45, 2.75) is 33.1 Å². The lowest BCUT2D eigenvalue weighted by molar-refractivity contribution is 0.528. The Morgan fingerprint density at radius 3 is 2.75 bits per heavy atom. The van der Waals surface area contributed by atoms with E-state index in [4.69, 9.17) is 0 Å². The molecular formula is C12H18. The Labute approximate surface area is 75.7 Å². The standard InChI is InChI=1S/C12H18/c1-5-11-8-12(9(2)3)7-6-10(11)4/h5,12H,1-2,6-8H2,3-4H3/t12-/m1/s1. The van der Waals surface area contributed by atoms with Gasteiger partial charge < -0.3 is 0 Å². The number of allylic oxidation sites excluding steroid dienone is 4. The van der Waals surface area contributed by atoms with Crippen LogP contribution in [0.2, 0.25) is 0 Å². The Bertz CT molecular complexity index is 230. The van der Waals surface area contributed by atoms with Gasteiger partial charge in [0.05, 0.1) is 0 Å². The van der Waals surface area contributed by atoms with Gasteiger partial charge in [-0.25, -0.2) is 0 Å². The number of rotatable bonds is 2. The molecule has 0 aromatic carbocycles. The van der Waals surface area contributed by atoms with Crippen LogP contribution in [0.25, 0.3) is 0 Å². The van der Waals surface area contributed by atoms with Gasteiger partial charge in [0.2, 0.25) is 0 Å². The molecule has 0 radical (unpaired) electrons. The predicted molar refractivity (Wildman–Crippen MR) is 55.1 cm³/mol. The maximum absolute atomic E-state index is 4.02. The molecule has 0 fully saturated rings. The molecule has 12 heavy (non-hydrogen) atoms. The maximum atomic E-state index is 4.02. The lowest BCUT2D eigenvalue weighted by atomic mass is 9.81. The van der Waals surface area contributed by atoms with E-state index >= 15 is 0 Å². The zero-order chi connectivity index (χ0) is 9.14. The van der Waals surface area contributed by atoms with Crippen LogP contribution in [0.3, 0.4) is 0 Å². The second kappa shape index (κ2) is 3.75. The topological polar surface area (TPSA) is 0 Å². The second-order valence-corrected chi connectivity index (χ2v) is 3.80. The summed E-state index contributed by atoms with van der Waals surface area (Å²) in [5, 5.41) is 0. The minimum absolute atomic E-state index is 0.696. The highest BCUT2D eigenvalue weighted by molar-refractivity contribution is 5.27. The number of hydrogen-bond donors (Lipinski definition) is 0. The molecule has 66 valence electrons. The molecule has 0 saturated heterocycles. The highest BCUT2D eigenvalue weighted by atomic mass is 14.2. The van der Waals surface area contributed by atoms with Gasteiger partial charge in [-0.1, -0.05) is 30.4 Å². The molecule has 0 aromatic rings. The summed E-state index contributed by atoms with van der Waals surface area (Å²) in [6, 6.07) is 0. The van der Waals surface area contributed by atoms with E-state index in [1.807, 2.05) is 6.08 Å². The van der Waals surface area contributed by atoms with Crippen molar-refractivity contribution >= 4 is 0 Å². The van der Waals surface area contributed by atoms with Crippen LogP contribution in [0.5, 0.6) is 0 Å². The van der Waals surface area contributed by atoms with Crippen LogP contribution in [0.1, 0.15) is 33.1 Å². The van der Waals surface area contributed by atoms with Crippen molar-refractivity contribution in [1.82, 2.24) is 0 Å². The molecule has 0 spiro atoms. The Morgan fingerprint density at radius 2 is 2.25 bits per heavy atom. The molecule has 1 rings (SSSR count). The first kappa shape index (κ1) is 9.31. The molecule has 0 unspecified atom stereocenters. The van der Waals surface area contributed by atoms with Crippen molar-refractivity contribution < 1.29 is 0 Å². The van der Waals surface area contributed by atoms with Crippen LogP contribution in [0, 0.1) is 5.92 Å². The summed E-state index contributed by atoms with van der Waals surface area (Å²) in [4.78, 5) is 0. The maximum Gasteiger partial charge on any atom is -0.0165 e. The molecule has 0 saturated carbocycles. The monoisotopic (exact) mass is 162 g/mol. The van der Waals surface area contributed by atoms with Crippen molar-refractivity contribution in [3.05, 3.63) is 36.0 Å². The van der Waals surface area contributed by atoms with E-state index in [-0.39, 0.29) is 0 Å². The molecule has 0 amide bonds. The zero-order valence-electron chi connectivity index (χ0n) is 8.19. The molecule has 1 aliphatic rings. The summed E-state index contributed by atoms with van der Waals surface area (Å²) in [7, 11) is 0. The first-order valence-corrected chi connectivity index (χ1v) is 4.61. The van der Waals surface area contributed by atoms with E-state index in [1.165, 1.54) is 29.6 Å². The fourth-order valence-corrected chi connectivity index (χ4v) is 1.77. The third-order valence-electron chi connectivity index (χ3n) is 2.83. The SMILES string of the molecule is C=CC1=C(C)CC[C@@H](C(=C)C)C1. The third-order valence-corrected chi connectivity index (χ3v) is 2.83. The summed E-state index contributed by atoms with van der Waals surface area (Å²) < 4.78 is 0. The molecule has 0 heteroatoms. The fraction of sp³-hybridized carbons (Fsp3) is 0.500. The van der Waals surface area contributed by atoms with Crippen molar-refractivity contribution in [1.29, 1.82) is 0 Å². The lowest BCUT2D eigenvalue weighted by Gasteiger charge is -2.24. The van der Waals surface area contributed by atoms with Gasteiger partial charge in [-0.05, 0) is 44.6 Å². The minimum atomic E-state index is 0.696. The van der Waals surface area contributed by atoms with Gasteiger partial charge in [0, 0.05) is 0 Å². The molecule has 0 heterocycles. The van der Waals surface area contributed by atoms with Gasteiger partial charge >= 0.3 is 0 Å². The highest BCUT2D eigenvalue weighted by Gasteiger charge is 2.17. The largest absolute Gasteiger partial charge is 0.0998 e. The molecule has 1 atom stereocenters. The van der Waals surface area contributed by atoms with E-state index in [0.717, 1.165) is 6.42 Å². The van der Waals surface area contributed by atoms with Crippen molar-refractivity contribution in [2.24, 2.45) is 5.92 Å². The quantitative estimate of drug-likeness (QED) is 0.541. The average molecular weight is 162 g/mol. The summed E-state index contributed by atoms with van der Waals surface area (Å²) in [5.41, 5.74) is 4.28. The van der Waals surface area contributed by atoms with Crippen LogP contribution >= 0.6 is 0 Å². The van der Waals surface area contributed by atoms with Gasteiger partial charge in [0.25, 0.3) is 0 Å². The van der Waals surface area contributed by atoms with Crippen LogP contribution in [-0.4, -0.2) is 0 Å². The smallest absolute Gasteiger partial charge is 0.0165 e. The normalized spacial score (nSPS) is 24.0.